The Hall–Kier alpha value is -1.18. The zero-order chi connectivity index (χ0) is 13.2. The van der Waals surface area contributed by atoms with Gasteiger partial charge >= 0.3 is 0 Å². The first-order valence-electron chi connectivity index (χ1n) is 4.70. The van der Waals surface area contributed by atoms with Gasteiger partial charge in [-0.25, -0.2) is 13.1 Å². The average Bonchev–Trinajstić information content (AvgIpc) is 2.14. The van der Waals surface area contributed by atoms with Crippen LogP contribution < -0.4 is 4.72 Å². The van der Waals surface area contributed by atoms with Crippen LogP contribution in [-0.2, 0) is 10.0 Å². The number of nitrogens with one attached hydrogen (secondary N) is 1. The molecule has 1 aromatic rings. The number of nitrogens with zero attached hydrogens (tertiary/aromatic N) is 1. The topological polar surface area (TPSA) is 89.3 Å². The number of rotatable bonds is 4. The van der Waals surface area contributed by atoms with Crippen LogP contribution in [0.5, 0.6) is 0 Å². The van der Waals surface area contributed by atoms with Crippen LogP contribution in [0, 0.1) is 10.1 Å². The number of non-ortho nitro benzene ring substituents is 1. The standard InChI is InChI=1S/C9H11ClN2O4S/c1-6(2)11-17(15,16)9-4-3-7(12(13)14)5-8(9)10/h3-6,11H,1-2H3. The summed E-state index contributed by atoms with van der Waals surface area (Å²) in [6.45, 7) is 3.33. The Kier molecular flexibility index (Phi) is 4.07. The van der Waals surface area contributed by atoms with Crippen molar-refractivity contribution < 1.29 is 13.3 Å². The highest BCUT2D eigenvalue weighted by atomic mass is 35.5. The van der Waals surface area contributed by atoms with Crippen LogP contribution in [0.3, 0.4) is 0 Å². The van der Waals surface area contributed by atoms with E-state index in [0.29, 0.717) is 0 Å². The molecular weight excluding hydrogens is 268 g/mol. The van der Waals surface area contributed by atoms with Crippen LogP contribution >= 0.6 is 11.6 Å². The Morgan fingerprint density at radius 1 is 1.41 bits per heavy atom. The molecule has 0 saturated heterocycles. The molecule has 0 heterocycles. The van der Waals surface area contributed by atoms with Gasteiger partial charge in [-0.05, 0) is 19.9 Å². The van der Waals surface area contributed by atoms with Crippen molar-refractivity contribution in [3.63, 3.8) is 0 Å². The van der Waals surface area contributed by atoms with E-state index in [1.54, 1.807) is 13.8 Å². The van der Waals surface area contributed by atoms with Crippen molar-refractivity contribution in [1.29, 1.82) is 0 Å². The first-order valence-corrected chi connectivity index (χ1v) is 6.56. The summed E-state index contributed by atoms with van der Waals surface area (Å²) in [5.74, 6) is 0. The summed E-state index contributed by atoms with van der Waals surface area (Å²) in [6, 6.07) is 2.94. The zero-order valence-corrected chi connectivity index (χ0v) is 10.7. The quantitative estimate of drug-likeness (QED) is 0.673. The second-order valence-corrected chi connectivity index (χ2v) is 5.74. The molecule has 0 aliphatic heterocycles. The third kappa shape index (κ3) is 3.39. The summed E-state index contributed by atoms with van der Waals surface area (Å²) in [4.78, 5) is 9.66. The van der Waals surface area contributed by atoms with E-state index in [9.17, 15) is 18.5 Å². The molecule has 94 valence electrons. The number of sulfonamides is 1. The van der Waals surface area contributed by atoms with Crippen molar-refractivity contribution in [2.75, 3.05) is 0 Å². The Balaban J connectivity index is 3.21. The highest BCUT2D eigenvalue weighted by Gasteiger charge is 2.21. The predicted molar refractivity (Wildman–Crippen MR) is 63.6 cm³/mol. The summed E-state index contributed by atoms with van der Waals surface area (Å²) in [5, 5.41) is 10.3. The Bertz CT molecular complexity index is 542. The van der Waals surface area contributed by atoms with Crippen molar-refractivity contribution in [3.8, 4) is 0 Å². The molecule has 1 aromatic carbocycles. The molecule has 0 atom stereocenters. The SMILES string of the molecule is CC(C)NS(=O)(=O)c1ccc([N+](=O)[O-])cc1Cl. The molecular formula is C9H11ClN2O4S. The van der Waals surface area contributed by atoms with E-state index in [1.807, 2.05) is 0 Å². The molecule has 0 unspecified atom stereocenters. The van der Waals surface area contributed by atoms with Crippen LogP contribution in [0.4, 0.5) is 5.69 Å². The molecule has 0 saturated carbocycles. The predicted octanol–water partition coefficient (Wildman–Crippen LogP) is 1.93. The molecule has 1 rings (SSSR count). The number of halogens is 1. The maximum Gasteiger partial charge on any atom is 0.271 e. The largest absolute Gasteiger partial charge is 0.271 e. The number of benzene rings is 1. The van der Waals surface area contributed by atoms with Crippen LogP contribution in [0.15, 0.2) is 23.1 Å². The number of hydrogen-bond acceptors (Lipinski definition) is 4. The fourth-order valence-electron chi connectivity index (χ4n) is 1.20. The Morgan fingerprint density at radius 2 is 2.00 bits per heavy atom. The lowest BCUT2D eigenvalue weighted by Crippen LogP contribution is -2.30. The van der Waals surface area contributed by atoms with Crippen LogP contribution in [0.25, 0.3) is 0 Å². The van der Waals surface area contributed by atoms with E-state index in [-0.39, 0.29) is 21.6 Å². The third-order valence-electron chi connectivity index (χ3n) is 1.81. The molecule has 0 aliphatic carbocycles. The maximum atomic E-state index is 11.8. The van der Waals surface area contributed by atoms with Gasteiger partial charge in [-0.1, -0.05) is 11.6 Å². The minimum absolute atomic E-state index is 0.168. The van der Waals surface area contributed by atoms with E-state index < -0.39 is 14.9 Å². The van der Waals surface area contributed by atoms with E-state index in [2.05, 4.69) is 4.72 Å². The van der Waals surface area contributed by atoms with Gasteiger partial charge in [0.25, 0.3) is 5.69 Å². The Morgan fingerprint density at radius 3 is 2.41 bits per heavy atom. The summed E-state index contributed by atoms with van der Waals surface area (Å²) in [5.41, 5.74) is -0.251. The molecule has 0 aromatic heterocycles. The van der Waals surface area contributed by atoms with E-state index in [1.165, 1.54) is 0 Å². The molecule has 0 fully saturated rings. The van der Waals surface area contributed by atoms with Gasteiger partial charge in [0.2, 0.25) is 10.0 Å². The second-order valence-electron chi connectivity index (χ2n) is 3.65. The van der Waals surface area contributed by atoms with Gasteiger partial charge in [-0.3, -0.25) is 10.1 Å². The molecule has 0 amide bonds. The van der Waals surface area contributed by atoms with Crippen molar-refractivity contribution in [2.45, 2.75) is 24.8 Å². The van der Waals surface area contributed by atoms with E-state index in [4.69, 9.17) is 11.6 Å². The normalized spacial score (nSPS) is 11.8. The molecule has 0 bridgehead atoms. The van der Waals surface area contributed by atoms with Gasteiger partial charge in [-0.15, -0.1) is 0 Å². The van der Waals surface area contributed by atoms with Crippen molar-refractivity contribution in [1.82, 2.24) is 4.72 Å². The molecule has 17 heavy (non-hydrogen) atoms. The fraction of sp³-hybridized carbons (Fsp3) is 0.333. The summed E-state index contributed by atoms with van der Waals surface area (Å²) < 4.78 is 25.9. The summed E-state index contributed by atoms with van der Waals surface area (Å²) in [6.07, 6.45) is 0. The molecule has 1 N–H and O–H groups in total. The summed E-state index contributed by atoms with van der Waals surface area (Å²) >= 11 is 5.72. The minimum Gasteiger partial charge on any atom is -0.258 e. The van der Waals surface area contributed by atoms with E-state index in [0.717, 1.165) is 18.2 Å². The minimum atomic E-state index is -3.74. The fourth-order valence-corrected chi connectivity index (χ4v) is 2.98. The summed E-state index contributed by atoms with van der Waals surface area (Å²) in [7, 11) is -3.74. The zero-order valence-electron chi connectivity index (χ0n) is 9.18. The lowest BCUT2D eigenvalue weighted by Gasteiger charge is -2.10. The maximum absolute atomic E-state index is 11.8. The van der Waals surface area contributed by atoms with Crippen LogP contribution in [0.1, 0.15) is 13.8 Å². The number of nitro benzene ring substituents is 1. The van der Waals surface area contributed by atoms with Gasteiger partial charge in [0.05, 0.1) is 9.95 Å². The van der Waals surface area contributed by atoms with Crippen molar-refractivity contribution in [2.24, 2.45) is 0 Å². The van der Waals surface area contributed by atoms with Crippen molar-refractivity contribution in [3.05, 3.63) is 33.3 Å². The monoisotopic (exact) mass is 278 g/mol. The van der Waals surface area contributed by atoms with Gasteiger partial charge in [-0.2, -0.15) is 0 Å². The highest BCUT2D eigenvalue weighted by Crippen LogP contribution is 2.26. The first kappa shape index (κ1) is 13.9. The first-order chi connectivity index (χ1) is 7.74. The Labute approximate surface area is 104 Å². The lowest BCUT2D eigenvalue weighted by molar-refractivity contribution is -0.384. The number of hydrogen-bond donors (Lipinski definition) is 1. The smallest absolute Gasteiger partial charge is 0.258 e. The highest BCUT2D eigenvalue weighted by molar-refractivity contribution is 7.89. The van der Waals surface area contributed by atoms with Gasteiger partial charge in [0.15, 0.2) is 0 Å². The third-order valence-corrected chi connectivity index (χ3v) is 3.95. The molecule has 0 aliphatic rings. The van der Waals surface area contributed by atoms with Gasteiger partial charge in [0, 0.05) is 18.2 Å². The molecule has 0 radical (unpaired) electrons. The average molecular weight is 279 g/mol. The molecule has 8 heteroatoms. The number of nitro groups is 1. The van der Waals surface area contributed by atoms with E-state index >= 15 is 0 Å². The lowest BCUT2D eigenvalue weighted by atomic mass is 10.3. The van der Waals surface area contributed by atoms with Gasteiger partial charge < -0.3 is 0 Å². The van der Waals surface area contributed by atoms with Crippen molar-refractivity contribution >= 4 is 27.3 Å². The van der Waals surface area contributed by atoms with Gasteiger partial charge in [0.1, 0.15) is 4.90 Å². The second kappa shape index (κ2) is 4.99. The van der Waals surface area contributed by atoms with Crippen LogP contribution in [-0.4, -0.2) is 19.4 Å². The molecule has 0 spiro atoms. The van der Waals surface area contributed by atoms with Crippen LogP contribution in [0.2, 0.25) is 5.02 Å². The molecule has 6 nitrogen and oxygen atoms in total.